The van der Waals surface area contributed by atoms with Gasteiger partial charge in [-0.25, -0.2) is 17.9 Å². The lowest BCUT2D eigenvalue weighted by molar-refractivity contribution is 0.256. The van der Waals surface area contributed by atoms with Crippen molar-refractivity contribution in [1.82, 2.24) is 4.72 Å². The van der Waals surface area contributed by atoms with E-state index in [1.165, 1.54) is 12.1 Å². The molecule has 2 aromatic rings. The number of hydrogen-bond acceptors (Lipinski definition) is 3. The lowest BCUT2D eigenvalue weighted by Crippen LogP contribution is -2.34. The maximum atomic E-state index is 12.1. The van der Waals surface area contributed by atoms with Gasteiger partial charge in [0, 0.05) is 5.69 Å². The summed E-state index contributed by atoms with van der Waals surface area (Å²) in [6.07, 6.45) is 0.737. The summed E-state index contributed by atoms with van der Waals surface area (Å²) in [5.41, 5.74) is 2.48. The van der Waals surface area contributed by atoms with E-state index in [1.807, 2.05) is 30.7 Å². The maximum Gasteiger partial charge on any atom is 0.333 e. The van der Waals surface area contributed by atoms with Crippen molar-refractivity contribution in [2.45, 2.75) is 25.2 Å². The number of anilines is 1. The molecule has 0 aromatic heterocycles. The SMILES string of the molecule is CCc1ccccc1NC(=O)NS(=O)(=O)c1ccc(C)cc1. The second-order valence-electron chi connectivity index (χ2n) is 4.88. The van der Waals surface area contributed by atoms with E-state index in [2.05, 4.69) is 5.32 Å². The molecule has 0 radical (unpaired) electrons. The van der Waals surface area contributed by atoms with E-state index in [0.29, 0.717) is 5.69 Å². The average Bonchev–Trinajstić information content (AvgIpc) is 2.47. The highest BCUT2D eigenvalue weighted by atomic mass is 32.2. The summed E-state index contributed by atoms with van der Waals surface area (Å²) < 4.78 is 26.3. The fraction of sp³-hybridized carbons (Fsp3) is 0.188. The van der Waals surface area contributed by atoms with Crippen molar-refractivity contribution in [2.24, 2.45) is 0 Å². The molecular weight excluding hydrogens is 300 g/mol. The van der Waals surface area contributed by atoms with E-state index in [9.17, 15) is 13.2 Å². The number of sulfonamides is 1. The number of nitrogens with one attached hydrogen (secondary N) is 2. The van der Waals surface area contributed by atoms with E-state index in [-0.39, 0.29) is 4.90 Å². The van der Waals surface area contributed by atoms with Gasteiger partial charge in [-0.2, -0.15) is 0 Å². The predicted octanol–water partition coefficient (Wildman–Crippen LogP) is 3.07. The fourth-order valence-electron chi connectivity index (χ4n) is 2.00. The third kappa shape index (κ3) is 3.85. The molecule has 22 heavy (non-hydrogen) atoms. The number of carbonyl (C=O) groups is 1. The van der Waals surface area contributed by atoms with Gasteiger partial charge in [-0.15, -0.1) is 0 Å². The van der Waals surface area contributed by atoms with Crippen LogP contribution in [-0.4, -0.2) is 14.4 Å². The minimum absolute atomic E-state index is 0.0528. The quantitative estimate of drug-likeness (QED) is 0.909. The van der Waals surface area contributed by atoms with Crippen LogP contribution in [0, 0.1) is 6.92 Å². The molecule has 0 unspecified atom stereocenters. The number of carbonyl (C=O) groups excluding carboxylic acids is 1. The standard InChI is InChI=1S/C16H18N2O3S/c1-3-13-6-4-5-7-15(13)17-16(19)18-22(20,21)14-10-8-12(2)9-11-14/h4-11H,3H2,1-2H3,(H2,17,18,19). The summed E-state index contributed by atoms with van der Waals surface area (Å²) in [7, 11) is -3.88. The minimum Gasteiger partial charge on any atom is -0.307 e. The van der Waals surface area contributed by atoms with Gasteiger partial charge in [0.1, 0.15) is 0 Å². The Morgan fingerprint density at radius 1 is 1.05 bits per heavy atom. The first-order valence-electron chi connectivity index (χ1n) is 6.91. The lowest BCUT2D eigenvalue weighted by Gasteiger charge is -2.11. The lowest BCUT2D eigenvalue weighted by atomic mass is 10.1. The van der Waals surface area contributed by atoms with Crippen LogP contribution in [0.4, 0.5) is 10.5 Å². The average molecular weight is 318 g/mol. The zero-order valence-electron chi connectivity index (χ0n) is 12.5. The molecule has 2 N–H and O–H groups in total. The predicted molar refractivity (Wildman–Crippen MR) is 86.3 cm³/mol. The van der Waals surface area contributed by atoms with Gasteiger partial charge in [0.2, 0.25) is 0 Å². The van der Waals surface area contributed by atoms with E-state index in [0.717, 1.165) is 17.5 Å². The summed E-state index contributed by atoms with van der Waals surface area (Å²) in [4.78, 5) is 12.0. The highest BCUT2D eigenvalue weighted by Crippen LogP contribution is 2.16. The monoisotopic (exact) mass is 318 g/mol. The molecule has 6 heteroatoms. The summed E-state index contributed by atoms with van der Waals surface area (Å²) in [6.45, 7) is 3.82. The van der Waals surface area contributed by atoms with Gasteiger partial charge in [-0.1, -0.05) is 42.8 Å². The highest BCUT2D eigenvalue weighted by molar-refractivity contribution is 7.90. The molecule has 0 heterocycles. The summed E-state index contributed by atoms with van der Waals surface area (Å²) in [5, 5.41) is 2.57. The Balaban J connectivity index is 2.13. The summed E-state index contributed by atoms with van der Waals surface area (Å²) in [6, 6.07) is 12.8. The third-order valence-corrected chi connectivity index (χ3v) is 4.55. The Morgan fingerprint density at radius 2 is 1.68 bits per heavy atom. The van der Waals surface area contributed by atoms with E-state index >= 15 is 0 Å². The second kappa shape index (κ2) is 6.62. The van der Waals surface area contributed by atoms with Crippen molar-refractivity contribution in [1.29, 1.82) is 0 Å². The first-order valence-corrected chi connectivity index (χ1v) is 8.39. The van der Waals surface area contributed by atoms with Crippen LogP contribution in [0.5, 0.6) is 0 Å². The molecule has 2 rings (SSSR count). The van der Waals surface area contributed by atoms with Crippen molar-refractivity contribution in [3.05, 3.63) is 59.7 Å². The number of rotatable bonds is 4. The van der Waals surface area contributed by atoms with Crippen LogP contribution in [0.1, 0.15) is 18.1 Å². The molecule has 0 fully saturated rings. The van der Waals surface area contributed by atoms with Gasteiger partial charge in [0.15, 0.2) is 0 Å². The molecule has 0 bridgehead atoms. The zero-order valence-corrected chi connectivity index (χ0v) is 13.3. The molecule has 0 saturated carbocycles. The Kier molecular flexibility index (Phi) is 4.82. The van der Waals surface area contributed by atoms with Crippen LogP contribution >= 0.6 is 0 Å². The molecule has 0 saturated heterocycles. The first-order chi connectivity index (χ1) is 10.4. The normalized spacial score (nSPS) is 11.0. The Hall–Kier alpha value is -2.34. The minimum atomic E-state index is -3.88. The molecule has 0 aliphatic carbocycles. The number of aryl methyl sites for hydroxylation is 2. The van der Waals surface area contributed by atoms with Crippen LogP contribution in [-0.2, 0) is 16.4 Å². The van der Waals surface area contributed by atoms with Crippen molar-refractivity contribution in [3.8, 4) is 0 Å². The van der Waals surface area contributed by atoms with Crippen molar-refractivity contribution >= 4 is 21.7 Å². The second-order valence-corrected chi connectivity index (χ2v) is 6.57. The molecule has 0 spiro atoms. The van der Waals surface area contributed by atoms with Crippen LogP contribution in [0.15, 0.2) is 53.4 Å². The molecular formula is C16H18N2O3S. The van der Waals surface area contributed by atoms with E-state index < -0.39 is 16.1 Å². The van der Waals surface area contributed by atoms with Gasteiger partial charge >= 0.3 is 6.03 Å². The Labute approximate surface area is 130 Å². The van der Waals surface area contributed by atoms with Crippen LogP contribution in [0.2, 0.25) is 0 Å². The van der Waals surface area contributed by atoms with Crippen molar-refractivity contribution in [3.63, 3.8) is 0 Å². The molecule has 2 amide bonds. The van der Waals surface area contributed by atoms with Crippen LogP contribution < -0.4 is 10.0 Å². The summed E-state index contributed by atoms with van der Waals surface area (Å²) >= 11 is 0. The number of para-hydroxylation sites is 1. The summed E-state index contributed by atoms with van der Waals surface area (Å²) in [5.74, 6) is 0. The number of amides is 2. The van der Waals surface area contributed by atoms with E-state index in [1.54, 1.807) is 24.3 Å². The topological polar surface area (TPSA) is 75.3 Å². The third-order valence-electron chi connectivity index (χ3n) is 3.20. The fourth-order valence-corrected chi connectivity index (χ4v) is 2.90. The van der Waals surface area contributed by atoms with Crippen molar-refractivity contribution in [2.75, 3.05) is 5.32 Å². The van der Waals surface area contributed by atoms with Gasteiger partial charge in [0.25, 0.3) is 10.0 Å². The van der Waals surface area contributed by atoms with Gasteiger partial charge in [-0.05, 0) is 37.1 Å². The highest BCUT2D eigenvalue weighted by Gasteiger charge is 2.17. The van der Waals surface area contributed by atoms with Crippen LogP contribution in [0.3, 0.4) is 0 Å². The molecule has 5 nitrogen and oxygen atoms in total. The zero-order chi connectivity index (χ0) is 16.2. The van der Waals surface area contributed by atoms with Gasteiger partial charge in [-0.3, -0.25) is 0 Å². The molecule has 116 valence electrons. The molecule has 2 aromatic carbocycles. The van der Waals surface area contributed by atoms with E-state index in [4.69, 9.17) is 0 Å². The number of benzene rings is 2. The number of hydrogen-bond donors (Lipinski definition) is 2. The molecule has 0 aliphatic rings. The smallest absolute Gasteiger partial charge is 0.307 e. The Morgan fingerprint density at radius 3 is 2.32 bits per heavy atom. The largest absolute Gasteiger partial charge is 0.333 e. The molecule has 0 aliphatic heterocycles. The van der Waals surface area contributed by atoms with Gasteiger partial charge < -0.3 is 5.32 Å². The maximum absolute atomic E-state index is 12.1. The van der Waals surface area contributed by atoms with Crippen LogP contribution in [0.25, 0.3) is 0 Å². The number of urea groups is 1. The van der Waals surface area contributed by atoms with Gasteiger partial charge in [0.05, 0.1) is 4.90 Å². The first kappa shape index (κ1) is 16.0. The van der Waals surface area contributed by atoms with Crippen molar-refractivity contribution < 1.29 is 13.2 Å². The molecule has 0 atom stereocenters. The Bertz CT molecular complexity index is 768.